The summed E-state index contributed by atoms with van der Waals surface area (Å²) in [5.41, 5.74) is 12.0. The Bertz CT molecular complexity index is 556. The first-order chi connectivity index (χ1) is 9.54. The molecule has 4 bridgehead atoms. The lowest BCUT2D eigenvalue weighted by Gasteiger charge is -2.18. The highest BCUT2D eigenvalue weighted by molar-refractivity contribution is 5.43. The third kappa shape index (κ3) is 2.40. The molecule has 0 radical (unpaired) electrons. The van der Waals surface area contributed by atoms with Gasteiger partial charge in [-0.3, -0.25) is 0 Å². The average molecular weight is 264 g/mol. The van der Waals surface area contributed by atoms with Gasteiger partial charge in [-0.05, 0) is 97.9 Å². The first-order valence-electron chi connectivity index (χ1n) is 7.72. The molecule has 20 heavy (non-hydrogen) atoms. The van der Waals surface area contributed by atoms with Gasteiger partial charge in [0.2, 0.25) is 0 Å². The summed E-state index contributed by atoms with van der Waals surface area (Å²) in [6.07, 6.45) is 4.64. The van der Waals surface area contributed by atoms with Crippen molar-refractivity contribution in [2.75, 3.05) is 0 Å². The molecule has 0 spiro atoms. The highest BCUT2D eigenvalue weighted by Crippen LogP contribution is 2.25. The maximum Gasteiger partial charge on any atom is -0.0233 e. The van der Waals surface area contributed by atoms with Crippen LogP contribution in [0.2, 0.25) is 0 Å². The predicted octanol–water partition coefficient (Wildman–Crippen LogP) is 4.80. The Hall–Kier alpha value is -1.56. The van der Waals surface area contributed by atoms with E-state index in [4.69, 9.17) is 0 Å². The summed E-state index contributed by atoms with van der Waals surface area (Å²) in [6, 6.07) is 9.60. The fraction of sp³-hybridized carbons (Fsp3) is 0.400. The molecule has 2 aromatic carbocycles. The van der Waals surface area contributed by atoms with Crippen LogP contribution in [0.4, 0.5) is 0 Å². The van der Waals surface area contributed by atoms with Gasteiger partial charge in [0, 0.05) is 0 Å². The molecule has 0 heteroatoms. The van der Waals surface area contributed by atoms with E-state index in [0.717, 1.165) is 12.8 Å². The van der Waals surface area contributed by atoms with Crippen molar-refractivity contribution in [1.29, 1.82) is 0 Å². The van der Waals surface area contributed by atoms with E-state index in [9.17, 15) is 0 Å². The Kier molecular flexibility index (Phi) is 3.41. The summed E-state index contributed by atoms with van der Waals surface area (Å²) in [5, 5.41) is 0. The van der Waals surface area contributed by atoms with Crippen LogP contribution in [0.15, 0.2) is 24.3 Å². The van der Waals surface area contributed by atoms with Crippen molar-refractivity contribution in [3.63, 3.8) is 0 Å². The number of hydrogen-bond donors (Lipinski definition) is 0. The topological polar surface area (TPSA) is 0 Å². The Morgan fingerprint density at radius 2 is 0.800 bits per heavy atom. The molecule has 0 N–H and O–H groups in total. The van der Waals surface area contributed by atoms with Crippen molar-refractivity contribution in [1.82, 2.24) is 0 Å². The molecule has 0 fully saturated rings. The van der Waals surface area contributed by atoms with Gasteiger partial charge in [-0.2, -0.15) is 0 Å². The van der Waals surface area contributed by atoms with E-state index in [-0.39, 0.29) is 0 Å². The molecule has 6 rings (SSSR count). The van der Waals surface area contributed by atoms with E-state index < -0.39 is 0 Å². The molecule has 0 heterocycles. The van der Waals surface area contributed by atoms with Crippen molar-refractivity contribution in [2.45, 2.75) is 53.4 Å². The molecule has 0 aliphatic heterocycles. The largest absolute Gasteiger partial charge is 0.0558 e. The standard InChI is InChI=1S/C20H24/c1-13-9-17-5-6-18-11-15(3)20(16(4)12-18)8-7-19(13)14(2)10-17/h9-12H,5-8H2,1-4H3. The van der Waals surface area contributed by atoms with Crippen molar-refractivity contribution >= 4 is 0 Å². The SMILES string of the molecule is Cc1cc2cc(C)c1CCc1c(C)cc(cc1C)CC2. The van der Waals surface area contributed by atoms with Crippen LogP contribution in [-0.4, -0.2) is 0 Å². The molecule has 0 unspecified atom stereocenters. The zero-order valence-electron chi connectivity index (χ0n) is 13.1. The van der Waals surface area contributed by atoms with Crippen LogP contribution in [0.25, 0.3) is 0 Å². The fourth-order valence-electron chi connectivity index (χ4n) is 3.78. The molecule has 4 aliphatic rings. The fourth-order valence-corrected chi connectivity index (χ4v) is 3.78. The second-order valence-electron chi connectivity index (χ2n) is 6.42. The molecular formula is C20H24. The first kappa shape index (κ1) is 13.4. The van der Waals surface area contributed by atoms with Crippen LogP contribution in [0.5, 0.6) is 0 Å². The number of hydrogen-bond acceptors (Lipinski definition) is 0. The Morgan fingerprint density at radius 3 is 1.10 bits per heavy atom. The van der Waals surface area contributed by atoms with Crippen LogP contribution in [-0.2, 0) is 25.7 Å². The van der Waals surface area contributed by atoms with Gasteiger partial charge in [-0.15, -0.1) is 0 Å². The highest BCUT2D eigenvalue weighted by Gasteiger charge is 2.11. The van der Waals surface area contributed by atoms with E-state index in [1.807, 2.05) is 0 Å². The average Bonchev–Trinajstić information content (AvgIpc) is 2.36. The summed E-state index contributed by atoms with van der Waals surface area (Å²) in [5.74, 6) is 0. The van der Waals surface area contributed by atoms with Crippen LogP contribution in [0.1, 0.15) is 44.5 Å². The number of benzene rings is 2. The van der Waals surface area contributed by atoms with E-state index >= 15 is 0 Å². The van der Waals surface area contributed by atoms with Crippen LogP contribution >= 0.6 is 0 Å². The second kappa shape index (κ2) is 5.09. The minimum absolute atomic E-state index is 1.15. The maximum atomic E-state index is 2.40. The summed E-state index contributed by atoms with van der Waals surface area (Å²) < 4.78 is 0. The van der Waals surface area contributed by atoms with Gasteiger partial charge in [0.1, 0.15) is 0 Å². The molecule has 0 aromatic heterocycles. The zero-order chi connectivity index (χ0) is 14.3. The molecule has 2 aromatic rings. The molecule has 0 saturated carbocycles. The monoisotopic (exact) mass is 264 g/mol. The molecule has 4 aliphatic carbocycles. The van der Waals surface area contributed by atoms with Gasteiger partial charge in [-0.1, -0.05) is 24.3 Å². The third-order valence-electron chi connectivity index (χ3n) is 4.84. The quantitative estimate of drug-likeness (QED) is 0.641. The maximum absolute atomic E-state index is 2.40. The van der Waals surface area contributed by atoms with Crippen LogP contribution in [0, 0.1) is 27.7 Å². The molecule has 0 amide bonds. The smallest absolute Gasteiger partial charge is 0.0233 e. The Labute approximate surface area is 122 Å². The lowest BCUT2D eigenvalue weighted by Crippen LogP contribution is -2.05. The molecule has 0 saturated heterocycles. The molecular weight excluding hydrogens is 240 g/mol. The minimum atomic E-state index is 1.15. The van der Waals surface area contributed by atoms with Gasteiger partial charge in [-0.25, -0.2) is 0 Å². The van der Waals surface area contributed by atoms with Gasteiger partial charge >= 0.3 is 0 Å². The van der Waals surface area contributed by atoms with Gasteiger partial charge in [0.15, 0.2) is 0 Å². The molecule has 0 atom stereocenters. The lowest BCUT2D eigenvalue weighted by molar-refractivity contribution is 0.886. The van der Waals surface area contributed by atoms with E-state index in [1.54, 1.807) is 11.1 Å². The first-order valence-corrected chi connectivity index (χ1v) is 7.72. The van der Waals surface area contributed by atoms with Gasteiger partial charge in [0.25, 0.3) is 0 Å². The summed E-state index contributed by atoms with van der Waals surface area (Å²) in [6.45, 7) is 9.11. The normalized spacial score (nSPS) is 14.2. The number of rotatable bonds is 0. The van der Waals surface area contributed by atoms with Gasteiger partial charge < -0.3 is 0 Å². The summed E-state index contributed by atoms with van der Waals surface area (Å²) in [7, 11) is 0. The third-order valence-corrected chi connectivity index (χ3v) is 4.84. The van der Waals surface area contributed by atoms with Crippen LogP contribution < -0.4 is 0 Å². The van der Waals surface area contributed by atoms with Crippen molar-refractivity contribution in [3.05, 3.63) is 68.8 Å². The minimum Gasteiger partial charge on any atom is -0.0558 e. The second-order valence-corrected chi connectivity index (χ2v) is 6.42. The number of aryl methyl sites for hydroxylation is 6. The highest BCUT2D eigenvalue weighted by atomic mass is 14.2. The molecule has 104 valence electrons. The van der Waals surface area contributed by atoms with Gasteiger partial charge in [0.05, 0.1) is 0 Å². The van der Waals surface area contributed by atoms with E-state index in [0.29, 0.717) is 0 Å². The lowest BCUT2D eigenvalue weighted by atomic mass is 9.87. The van der Waals surface area contributed by atoms with E-state index in [1.165, 1.54) is 46.2 Å². The van der Waals surface area contributed by atoms with Crippen molar-refractivity contribution in [3.8, 4) is 0 Å². The Morgan fingerprint density at radius 1 is 0.500 bits per heavy atom. The molecule has 0 nitrogen and oxygen atoms in total. The Balaban J connectivity index is 2.12. The summed E-state index contributed by atoms with van der Waals surface area (Å²) in [4.78, 5) is 0. The predicted molar refractivity (Wildman–Crippen MR) is 86.6 cm³/mol. The zero-order valence-corrected chi connectivity index (χ0v) is 13.1. The van der Waals surface area contributed by atoms with E-state index in [2.05, 4.69) is 52.0 Å². The van der Waals surface area contributed by atoms with Crippen molar-refractivity contribution in [2.24, 2.45) is 0 Å². The van der Waals surface area contributed by atoms with Crippen molar-refractivity contribution < 1.29 is 0 Å². The van der Waals surface area contributed by atoms with Crippen LogP contribution in [0.3, 0.4) is 0 Å². The summed E-state index contributed by atoms with van der Waals surface area (Å²) >= 11 is 0.